The number of carbonyl (C=O) groups is 2. The van der Waals surface area contributed by atoms with E-state index in [1.54, 1.807) is 29.2 Å². The molecule has 0 N–H and O–H groups in total. The van der Waals surface area contributed by atoms with E-state index in [9.17, 15) is 9.59 Å². The van der Waals surface area contributed by atoms with Crippen LogP contribution in [0.2, 0.25) is 5.02 Å². The van der Waals surface area contributed by atoms with Gasteiger partial charge in [0.25, 0.3) is 5.91 Å². The lowest BCUT2D eigenvalue weighted by atomic mass is 9.98. The van der Waals surface area contributed by atoms with Crippen molar-refractivity contribution in [1.82, 2.24) is 4.90 Å². The molecule has 1 heterocycles. The Hall–Kier alpha value is -1.55. The van der Waals surface area contributed by atoms with Gasteiger partial charge in [0.2, 0.25) is 0 Å². The van der Waals surface area contributed by atoms with Crippen LogP contribution in [0.3, 0.4) is 0 Å². The molecular formula is C15H18ClNO3. The normalized spacial score (nSPS) is 18.7. The number of rotatable bonds is 3. The van der Waals surface area contributed by atoms with Gasteiger partial charge in [-0.2, -0.15) is 0 Å². The van der Waals surface area contributed by atoms with Crippen molar-refractivity contribution in [3.63, 3.8) is 0 Å². The van der Waals surface area contributed by atoms with E-state index in [4.69, 9.17) is 16.3 Å². The standard InChI is InChI=1S/C15H18ClNO3/c1-20-14(18)10-11-6-4-5-9-17(11)15(19)12-7-2-3-8-13(12)16/h2-3,7-8,11H,4-6,9-10H2,1H3. The molecule has 2 rings (SSSR count). The topological polar surface area (TPSA) is 46.6 Å². The van der Waals surface area contributed by atoms with Crippen LogP contribution in [0.4, 0.5) is 0 Å². The van der Waals surface area contributed by atoms with E-state index in [1.165, 1.54) is 7.11 Å². The summed E-state index contributed by atoms with van der Waals surface area (Å²) in [5.41, 5.74) is 0.492. The van der Waals surface area contributed by atoms with Crippen molar-refractivity contribution in [2.45, 2.75) is 31.7 Å². The number of carbonyl (C=O) groups excluding carboxylic acids is 2. The quantitative estimate of drug-likeness (QED) is 0.806. The maximum absolute atomic E-state index is 12.6. The zero-order valence-corrected chi connectivity index (χ0v) is 12.2. The van der Waals surface area contributed by atoms with Crippen LogP contribution >= 0.6 is 11.6 Å². The smallest absolute Gasteiger partial charge is 0.307 e. The Kier molecular flexibility index (Phi) is 5.01. The summed E-state index contributed by atoms with van der Waals surface area (Å²) < 4.78 is 4.71. The summed E-state index contributed by atoms with van der Waals surface area (Å²) in [5, 5.41) is 0.444. The fourth-order valence-corrected chi connectivity index (χ4v) is 2.76. The molecular weight excluding hydrogens is 278 g/mol. The van der Waals surface area contributed by atoms with Crippen LogP contribution in [0.5, 0.6) is 0 Å². The Bertz CT molecular complexity index is 504. The number of amides is 1. The highest BCUT2D eigenvalue weighted by Crippen LogP contribution is 2.25. The first-order valence-electron chi connectivity index (χ1n) is 6.76. The summed E-state index contributed by atoms with van der Waals surface area (Å²) in [6.45, 7) is 0.658. The van der Waals surface area contributed by atoms with Crippen molar-refractivity contribution in [1.29, 1.82) is 0 Å². The highest BCUT2D eigenvalue weighted by molar-refractivity contribution is 6.33. The Balaban J connectivity index is 2.17. The molecule has 20 heavy (non-hydrogen) atoms. The molecule has 1 amide bonds. The van der Waals surface area contributed by atoms with E-state index in [1.807, 2.05) is 0 Å². The maximum atomic E-state index is 12.6. The van der Waals surface area contributed by atoms with Gasteiger partial charge in [-0.3, -0.25) is 9.59 Å². The fourth-order valence-electron chi connectivity index (χ4n) is 2.55. The lowest BCUT2D eigenvalue weighted by Crippen LogP contribution is -2.45. The molecule has 0 radical (unpaired) electrons. The maximum Gasteiger partial charge on any atom is 0.307 e. The summed E-state index contributed by atoms with van der Waals surface area (Å²) in [4.78, 5) is 25.8. The molecule has 1 atom stereocenters. The number of halogens is 1. The van der Waals surface area contributed by atoms with Gasteiger partial charge >= 0.3 is 5.97 Å². The first-order valence-corrected chi connectivity index (χ1v) is 7.13. The number of benzene rings is 1. The predicted molar refractivity (Wildman–Crippen MR) is 76.8 cm³/mol. The lowest BCUT2D eigenvalue weighted by Gasteiger charge is -2.35. The van der Waals surface area contributed by atoms with Crippen molar-refractivity contribution >= 4 is 23.5 Å². The van der Waals surface area contributed by atoms with Gasteiger partial charge < -0.3 is 9.64 Å². The number of hydrogen-bond acceptors (Lipinski definition) is 3. The molecule has 0 saturated carbocycles. The molecule has 1 aliphatic heterocycles. The number of nitrogens with zero attached hydrogens (tertiary/aromatic N) is 1. The van der Waals surface area contributed by atoms with Crippen LogP contribution in [-0.2, 0) is 9.53 Å². The highest BCUT2D eigenvalue weighted by atomic mass is 35.5. The molecule has 0 aromatic heterocycles. The van der Waals surface area contributed by atoms with Crippen molar-refractivity contribution in [3.05, 3.63) is 34.9 Å². The van der Waals surface area contributed by atoms with Crippen LogP contribution in [0.25, 0.3) is 0 Å². The second-order valence-corrected chi connectivity index (χ2v) is 5.32. The van der Waals surface area contributed by atoms with Gasteiger partial charge in [0, 0.05) is 12.6 Å². The molecule has 0 aliphatic carbocycles. The minimum Gasteiger partial charge on any atom is -0.469 e. The summed E-state index contributed by atoms with van der Waals surface area (Å²) in [5.74, 6) is -0.391. The Morgan fingerprint density at radius 1 is 1.35 bits per heavy atom. The Morgan fingerprint density at radius 3 is 2.80 bits per heavy atom. The largest absolute Gasteiger partial charge is 0.469 e. The van der Waals surface area contributed by atoms with Gasteiger partial charge in [-0.15, -0.1) is 0 Å². The van der Waals surface area contributed by atoms with E-state index in [0.29, 0.717) is 17.1 Å². The lowest BCUT2D eigenvalue weighted by molar-refractivity contribution is -0.142. The molecule has 1 saturated heterocycles. The average molecular weight is 296 g/mol. The highest BCUT2D eigenvalue weighted by Gasteiger charge is 2.30. The minimum absolute atomic E-state index is 0.0972. The molecule has 1 fully saturated rings. The summed E-state index contributed by atoms with van der Waals surface area (Å²) in [6.07, 6.45) is 3.04. The van der Waals surface area contributed by atoms with Crippen LogP contribution < -0.4 is 0 Å². The average Bonchev–Trinajstić information content (AvgIpc) is 2.47. The third kappa shape index (κ3) is 3.31. The second-order valence-electron chi connectivity index (χ2n) is 4.91. The zero-order valence-electron chi connectivity index (χ0n) is 11.5. The number of likely N-dealkylation sites (tertiary alicyclic amines) is 1. The van der Waals surface area contributed by atoms with Crippen molar-refractivity contribution in [3.8, 4) is 0 Å². The predicted octanol–water partition coefficient (Wildman–Crippen LogP) is 2.90. The Labute approximate surface area is 123 Å². The molecule has 4 nitrogen and oxygen atoms in total. The van der Waals surface area contributed by atoms with Crippen molar-refractivity contribution in [2.24, 2.45) is 0 Å². The Morgan fingerprint density at radius 2 is 2.10 bits per heavy atom. The fraction of sp³-hybridized carbons (Fsp3) is 0.467. The van der Waals surface area contributed by atoms with Gasteiger partial charge in [-0.25, -0.2) is 0 Å². The number of piperidine rings is 1. The third-order valence-electron chi connectivity index (χ3n) is 3.62. The number of ether oxygens (including phenoxy) is 1. The molecule has 0 bridgehead atoms. The molecule has 1 aliphatic rings. The van der Waals surface area contributed by atoms with Crippen molar-refractivity contribution < 1.29 is 14.3 Å². The summed E-state index contributed by atoms with van der Waals surface area (Å²) >= 11 is 6.08. The monoisotopic (exact) mass is 295 g/mol. The number of esters is 1. The number of hydrogen-bond donors (Lipinski definition) is 0. The molecule has 108 valence electrons. The second kappa shape index (κ2) is 6.75. The van der Waals surface area contributed by atoms with Crippen molar-refractivity contribution in [2.75, 3.05) is 13.7 Å². The van der Waals surface area contributed by atoms with E-state index in [0.717, 1.165) is 19.3 Å². The molecule has 0 spiro atoms. The van der Waals surface area contributed by atoms with Gasteiger partial charge in [0.15, 0.2) is 0 Å². The van der Waals surface area contributed by atoms with E-state index >= 15 is 0 Å². The minimum atomic E-state index is -0.283. The van der Waals surface area contributed by atoms with Crippen LogP contribution in [0.1, 0.15) is 36.0 Å². The molecule has 1 unspecified atom stereocenters. The first-order chi connectivity index (χ1) is 9.63. The molecule has 1 aromatic carbocycles. The zero-order chi connectivity index (χ0) is 14.5. The van der Waals surface area contributed by atoms with Gasteiger partial charge in [-0.1, -0.05) is 23.7 Å². The van der Waals surface area contributed by atoms with Crippen LogP contribution in [0.15, 0.2) is 24.3 Å². The van der Waals surface area contributed by atoms with Gasteiger partial charge in [0.05, 0.1) is 24.1 Å². The first kappa shape index (κ1) is 14.9. The van der Waals surface area contributed by atoms with E-state index < -0.39 is 0 Å². The molecule has 5 heteroatoms. The van der Waals surface area contributed by atoms with E-state index in [-0.39, 0.29) is 24.3 Å². The SMILES string of the molecule is COC(=O)CC1CCCCN1C(=O)c1ccccc1Cl. The third-order valence-corrected chi connectivity index (χ3v) is 3.95. The van der Waals surface area contributed by atoms with E-state index in [2.05, 4.69) is 0 Å². The van der Waals surface area contributed by atoms with Crippen LogP contribution in [0, 0.1) is 0 Å². The van der Waals surface area contributed by atoms with Gasteiger partial charge in [0.1, 0.15) is 0 Å². The number of methoxy groups -OCH3 is 1. The summed E-state index contributed by atoms with van der Waals surface area (Å²) in [7, 11) is 1.37. The summed E-state index contributed by atoms with van der Waals surface area (Å²) in [6, 6.07) is 6.90. The van der Waals surface area contributed by atoms with Crippen LogP contribution in [-0.4, -0.2) is 36.5 Å². The van der Waals surface area contributed by atoms with Gasteiger partial charge in [-0.05, 0) is 31.4 Å². The molecule has 1 aromatic rings.